The fourth-order valence-electron chi connectivity index (χ4n) is 2.86. The molecule has 0 radical (unpaired) electrons. The Morgan fingerprint density at radius 2 is 1.75 bits per heavy atom. The maximum atomic E-state index is 12.3. The number of hydrogen-bond donors (Lipinski definition) is 1. The van der Waals surface area contributed by atoms with Gasteiger partial charge in [0, 0.05) is 21.4 Å². The Kier molecular flexibility index (Phi) is 4.08. The van der Waals surface area contributed by atoms with Gasteiger partial charge in [0.25, 0.3) is 11.8 Å². The first-order chi connectivity index (χ1) is 13.6. The Labute approximate surface area is 171 Å². The molecule has 28 heavy (non-hydrogen) atoms. The van der Waals surface area contributed by atoms with E-state index in [-0.39, 0.29) is 5.91 Å². The highest BCUT2D eigenvalue weighted by Gasteiger charge is 2.30. The lowest BCUT2D eigenvalue weighted by atomic mass is 10.3. The molecule has 1 aliphatic rings. The molecule has 4 aromatic rings. The zero-order chi connectivity index (χ0) is 19.3. The highest BCUT2D eigenvalue weighted by atomic mass is 32.1. The van der Waals surface area contributed by atoms with Crippen molar-refractivity contribution < 1.29 is 9.59 Å². The molecule has 0 saturated heterocycles. The summed E-state index contributed by atoms with van der Waals surface area (Å²) in [5, 5.41) is 5.76. The van der Waals surface area contributed by atoms with E-state index in [2.05, 4.69) is 16.5 Å². The molecule has 9 heteroatoms. The van der Waals surface area contributed by atoms with Gasteiger partial charge < -0.3 is 0 Å². The minimum atomic E-state index is -0.402. The maximum Gasteiger partial charge on any atom is 0.275 e. The number of nitrogens with one attached hydrogen (secondary N) is 1. The van der Waals surface area contributed by atoms with Crippen LogP contribution in [0.4, 0.5) is 5.82 Å². The van der Waals surface area contributed by atoms with Crippen LogP contribution in [0.25, 0.3) is 30.7 Å². The number of hydrazine groups is 1. The number of rotatable bonds is 4. The van der Waals surface area contributed by atoms with Crippen molar-refractivity contribution in [1.29, 1.82) is 0 Å². The summed E-state index contributed by atoms with van der Waals surface area (Å²) in [6.07, 6.45) is 1.32. The number of anilines is 1. The third-order valence-corrected chi connectivity index (χ3v) is 7.18. The largest absolute Gasteiger partial charge is 0.275 e. The molecule has 0 spiro atoms. The van der Waals surface area contributed by atoms with Crippen molar-refractivity contribution >= 4 is 61.9 Å². The second-order valence-corrected chi connectivity index (χ2v) is 9.02. The van der Waals surface area contributed by atoms with E-state index < -0.39 is 5.91 Å². The second kappa shape index (κ2) is 6.62. The predicted molar refractivity (Wildman–Crippen MR) is 113 cm³/mol. The average molecular weight is 425 g/mol. The Balaban J connectivity index is 1.65. The summed E-state index contributed by atoms with van der Waals surface area (Å²) in [6.45, 7) is 1.62. The summed E-state index contributed by atoms with van der Waals surface area (Å²) >= 11 is 4.75. The molecule has 6 nitrogen and oxygen atoms in total. The number of carbonyl (C=O) groups is 2. The Bertz CT molecular complexity index is 1240. The quantitative estimate of drug-likeness (QED) is 0.477. The highest BCUT2D eigenvalue weighted by molar-refractivity contribution is 7.25. The van der Waals surface area contributed by atoms with Gasteiger partial charge in [-0.3, -0.25) is 15.0 Å². The number of aromatic nitrogens is 2. The third-order valence-electron chi connectivity index (χ3n) is 4.22. The fourth-order valence-corrected chi connectivity index (χ4v) is 5.38. The third kappa shape index (κ3) is 2.84. The van der Waals surface area contributed by atoms with E-state index in [1.165, 1.54) is 17.4 Å². The van der Waals surface area contributed by atoms with E-state index in [0.717, 1.165) is 29.9 Å². The van der Waals surface area contributed by atoms with E-state index in [0.29, 0.717) is 17.2 Å². The van der Waals surface area contributed by atoms with Crippen LogP contribution in [0.1, 0.15) is 6.92 Å². The van der Waals surface area contributed by atoms with E-state index in [1.807, 2.05) is 35.0 Å². The second-order valence-electron chi connectivity index (χ2n) is 6.10. The number of hydrogen-bond acceptors (Lipinski definition) is 8. The fraction of sp³-hybridized carbons (Fsp3) is 0.0526. The number of imide groups is 1. The lowest BCUT2D eigenvalue weighted by Gasteiger charge is -2.17. The van der Waals surface area contributed by atoms with Gasteiger partial charge in [-0.2, -0.15) is 5.01 Å². The summed E-state index contributed by atoms with van der Waals surface area (Å²) < 4.78 is 0. The monoisotopic (exact) mass is 424 g/mol. The molecule has 0 atom stereocenters. The van der Waals surface area contributed by atoms with Crippen LogP contribution in [0.15, 0.2) is 52.7 Å². The van der Waals surface area contributed by atoms with Gasteiger partial charge in [-0.15, -0.1) is 34.0 Å². The molecule has 2 amide bonds. The van der Waals surface area contributed by atoms with E-state index in [9.17, 15) is 9.59 Å². The van der Waals surface area contributed by atoms with Gasteiger partial charge >= 0.3 is 0 Å². The van der Waals surface area contributed by atoms with Crippen LogP contribution in [0.3, 0.4) is 0 Å². The predicted octanol–water partition coefficient (Wildman–Crippen LogP) is 4.79. The van der Waals surface area contributed by atoms with Crippen LogP contribution >= 0.6 is 34.0 Å². The van der Waals surface area contributed by atoms with Gasteiger partial charge in [0.1, 0.15) is 4.83 Å². The van der Waals surface area contributed by atoms with E-state index in [1.54, 1.807) is 29.6 Å². The summed E-state index contributed by atoms with van der Waals surface area (Å²) in [5.74, 6) is 0.231. The molecular weight excluding hydrogens is 412 g/mol. The summed E-state index contributed by atoms with van der Waals surface area (Å²) in [6, 6.07) is 9.94. The summed E-state index contributed by atoms with van der Waals surface area (Å²) in [5.41, 5.74) is 3.31. The van der Waals surface area contributed by atoms with Crippen LogP contribution in [0.5, 0.6) is 0 Å². The van der Waals surface area contributed by atoms with Crippen LogP contribution < -0.4 is 5.43 Å². The van der Waals surface area contributed by atoms with Gasteiger partial charge in [0.2, 0.25) is 0 Å². The maximum absolute atomic E-state index is 12.3. The van der Waals surface area contributed by atoms with Gasteiger partial charge in [-0.1, -0.05) is 12.1 Å². The minimum absolute atomic E-state index is 0.372. The number of fused-ring (bicyclic) bond motifs is 1. The number of carbonyl (C=O) groups excluding carboxylic acids is 2. The molecule has 0 bridgehead atoms. The molecule has 0 fully saturated rings. The molecule has 0 aliphatic carbocycles. The van der Waals surface area contributed by atoms with Crippen molar-refractivity contribution in [3.8, 4) is 20.5 Å². The van der Waals surface area contributed by atoms with Crippen molar-refractivity contribution in [3.63, 3.8) is 0 Å². The zero-order valence-electron chi connectivity index (χ0n) is 14.5. The molecule has 138 valence electrons. The van der Waals surface area contributed by atoms with Crippen molar-refractivity contribution in [1.82, 2.24) is 15.0 Å². The topological polar surface area (TPSA) is 75.2 Å². The van der Waals surface area contributed by atoms with Crippen molar-refractivity contribution in [2.75, 3.05) is 5.43 Å². The lowest BCUT2D eigenvalue weighted by Crippen LogP contribution is -2.36. The molecule has 1 aliphatic heterocycles. The number of nitrogens with zero attached hydrogens (tertiary/aromatic N) is 3. The molecule has 0 aromatic carbocycles. The van der Waals surface area contributed by atoms with Gasteiger partial charge in [-0.05, 0) is 35.9 Å². The molecule has 5 rings (SSSR count). The van der Waals surface area contributed by atoms with Gasteiger partial charge in [-0.25, -0.2) is 9.97 Å². The lowest BCUT2D eigenvalue weighted by molar-refractivity contribution is -0.135. The van der Waals surface area contributed by atoms with Crippen LogP contribution in [-0.4, -0.2) is 26.8 Å². The van der Waals surface area contributed by atoms with Crippen molar-refractivity contribution in [2.45, 2.75) is 6.92 Å². The molecule has 5 heterocycles. The molecule has 1 N–H and O–H groups in total. The Morgan fingerprint density at radius 1 is 1.00 bits per heavy atom. The van der Waals surface area contributed by atoms with Crippen molar-refractivity contribution in [2.24, 2.45) is 0 Å². The normalized spacial score (nSPS) is 14.2. The standard InChI is InChI=1S/C19H12N4O2S3/c1-10-8-15(24)23(19(10)25)22-16-11-9-14(12-4-2-6-26-12)28-18(11)21-17(20-16)13-5-3-7-27-13/h2-9H,1H3,(H,20,21,22). The highest BCUT2D eigenvalue weighted by Crippen LogP contribution is 2.39. The first-order valence-electron chi connectivity index (χ1n) is 8.33. The van der Waals surface area contributed by atoms with Crippen LogP contribution in [-0.2, 0) is 9.59 Å². The summed E-state index contributed by atoms with van der Waals surface area (Å²) in [7, 11) is 0. The number of amides is 2. The summed E-state index contributed by atoms with van der Waals surface area (Å²) in [4.78, 5) is 37.7. The Hall–Kier alpha value is -2.88. The first-order valence-corrected chi connectivity index (χ1v) is 10.9. The Morgan fingerprint density at radius 3 is 2.39 bits per heavy atom. The molecule has 4 aromatic heterocycles. The first kappa shape index (κ1) is 17.2. The minimum Gasteiger partial charge on any atom is -0.271 e. The van der Waals surface area contributed by atoms with Crippen LogP contribution in [0.2, 0.25) is 0 Å². The van der Waals surface area contributed by atoms with E-state index in [4.69, 9.17) is 4.98 Å². The average Bonchev–Trinajstić information content (AvgIpc) is 3.46. The molecular formula is C19H12N4O2S3. The van der Waals surface area contributed by atoms with E-state index >= 15 is 0 Å². The number of thiophene rings is 3. The SMILES string of the molecule is CC1=CC(=O)N(Nc2nc(-c3cccs3)nc3sc(-c4cccs4)cc23)C1=O. The molecule has 0 unspecified atom stereocenters. The van der Waals surface area contributed by atoms with Crippen LogP contribution in [0, 0.1) is 0 Å². The van der Waals surface area contributed by atoms with Gasteiger partial charge in [0.15, 0.2) is 11.6 Å². The van der Waals surface area contributed by atoms with Crippen molar-refractivity contribution in [3.05, 3.63) is 52.7 Å². The smallest absolute Gasteiger partial charge is 0.271 e. The zero-order valence-corrected chi connectivity index (χ0v) is 17.0. The van der Waals surface area contributed by atoms with Gasteiger partial charge in [0.05, 0.1) is 10.3 Å². The molecule has 0 saturated carbocycles.